The molecule has 0 amide bonds. The highest BCUT2D eigenvalue weighted by atomic mass is 16.5. The molecule has 0 aromatic heterocycles. The summed E-state index contributed by atoms with van der Waals surface area (Å²) < 4.78 is 11.1. The van der Waals surface area contributed by atoms with E-state index in [0.717, 1.165) is 32.1 Å². The Kier molecular flexibility index (Phi) is 11.6. The van der Waals surface area contributed by atoms with Crippen LogP contribution in [0.25, 0.3) is 0 Å². The number of likely N-dealkylation sites (tertiary alicyclic amines) is 1. The lowest BCUT2D eigenvalue weighted by Gasteiger charge is -2.29. The minimum atomic E-state index is 0.374. The molecule has 0 saturated carbocycles. The van der Waals surface area contributed by atoms with Gasteiger partial charge in [-0.15, -0.1) is 0 Å². The number of aliphatic imine (C=N–C) groups is 1. The first-order chi connectivity index (χ1) is 13.8. The third-order valence-electron chi connectivity index (χ3n) is 5.01. The van der Waals surface area contributed by atoms with Gasteiger partial charge in [-0.2, -0.15) is 0 Å². The van der Waals surface area contributed by atoms with Crippen molar-refractivity contribution in [2.75, 3.05) is 59.7 Å². The first kappa shape index (κ1) is 22.7. The second-order valence-corrected chi connectivity index (χ2v) is 7.13. The van der Waals surface area contributed by atoms with E-state index in [1.54, 1.807) is 0 Å². The molecule has 1 aliphatic heterocycles. The smallest absolute Gasteiger partial charge is 0.191 e. The normalized spacial score (nSPS) is 16.3. The summed E-state index contributed by atoms with van der Waals surface area (Å²) in [6.07, 6.45) is 4.86. The number of nitrogens with zero attached hydrogens (tertiary/aromatic N) is 2. The highest BCUT2D eigenvalue weighted by Gasteiger charge is 2.23. The van der Waals surface area contributed by atoms with Gasteiger partial charge in [-0.25, -0.2) is 0 Å². The third kappa shape index (κ3) is 8.59. The molecule has 1 unspecified atom stereocenters. The van der Waals surface area contributed by atoms with Crippen molar-refractivity contribution in [2.24, 2.45) is 4.99 Å². The molecule has 0 radical (unpaired) electrons. The fourth-order valence-electron chi connectivity index (χ4n) is 3.41. The van der Waals surface area contributed by atoms with Crippen molar-refractivity contribution < 1.29 is 9.47 Å². The van der Waals surface area contributed by atoms with Gasteiger partial charge in [0, 0.05) is 26.7 Å². The van der Waals surface area contributed by atoms with Crippen LogP contribution < -0.4 is 10.6 Å². The Labute approximate surface area is 170 Å². The average molecular weight is 391 g/mol. The summed E-state index contributed by atoms with van der Waals surface area (Å²) in [6, 6.07) is 11.1. The first-order valence-electron chi connectivity index (χ1n) is 10.7. The molecule has 1 aromatic rings. The van der Waals surface area contributed by atoms with Gasteiger partial charge >= 0.3 is 0 Å². The molecule has 1 aromatic carbocycles. The Hall–Kier alpha value is -1.63. The molecule has 158 valence electrons. The van der Waals surface area contributed by atoms with Gasteiger partial charge in [0.15, 0.2) is 5.96 Å². The number of nitrogens with one attached hydrogen (secondary N) is 2. The van der Waals surface area contributed by atoms with Crippen LogP contribution in [0.2, 0.25) is 0 Å². The van der Waals surface area contributed by atoms with Crippen LogP contribution in [0, 0.1) is 0 Å². The lowest BCUT2D eigenvalue weighted by Crippen LogP contribution is -2.43. The van der Waals surface area contributed by atoms with E-state index in [-0.39, 0.29) is 0 Å². The zero-order chi connectivity index (χ0) is 19.9. The minimum absolute atomic E-state index is 0.374. The summed E-state index contributed by atoms with van der Waals surface area (Å²) in [6.45, 7) is 8.86. The molecule has 0 aliphatic carbocycles. The molecule has 1 saturated heterocycles. The second kappa shape index (κ2) is 14.4. The molecule has 1 heterocycles. The van der Waals surface area contributed by atoms with Crippen molar-refractivity contribution in [3.8, 4) is 0 Å². The summed E-state index contributed by atoms with van der Waals surface area (Å²) in [7, 11) is 1.81. The monoisotopic (exact) mass is 390 g/mol. The molecule has 2 rings (SSSR count). The SMILES string of the molecule is CCCCOCCOCCNC(=NC)NCC(c1ccccc1)N1CCCC1. The molecule has 2 N–H and O–H groups in total. The summed E-state index contributed by atoms with van der Waals surface area (Å²) in [5, 5.41) is 6.82. The number of unbranched alkanes of at least 4 members (excludes halogenated alkanes) is 1. The van der Waals surface area contributed by atoms with Crippen molar-refractivity contribution >= 4 is 5.96 Å². The Balaban J connectivity index is 1.67. The van der Waals surface area contributed by atoms with Crippen LogP contribution in [0.1, 0.15) is 44.2 Å². The first-order valence-corrected chi connectivity index (χ1v) is 10.7. The third-order valence-corrected chi connectivity index (χ3v) is 5.01. The summed E-state index contributed by atoms with van der Waals surface area (Å²) in [5.41, 5.74) is 1.36. The van der Waals surface area contributed by atoms with E-state index in [9.17, 15) is 0 Å². The van der Waals surface area contributed by atoms with E-state index >= 15 is 0 Å². The van der Waals surface area contributed by atoms with Crippen molar-refractivity contribution in [3.63, 3.8) is 0 Å². The fraction of sp³-hybridized carbons (Fsp3) is 0.682. The molecule has 1 aliphatic rings. The van der Waals surface area contributed by atoms with Gasteiger partial charge in [0.1, 0.15) is 0 Å². The quantitative estimate of drug-likeness (QED) is 0.308. The van der Waals surface area contributed by atoms with Crippen LogP contribution in [0.3, 0.4) is 0 Å². The van der Waals surface area contributed by atoms with Gasteiger partial charge in [-0.3, -0.25) is 9.89 Å². The van der Waals surface area contributed by atoms with Gasteiger partial charge < -0.3 is 20.1 Å². The number of ether oxygens (including phenoxy) is 2. The van der Waals surface area contributed by atoms with Crippen molar-refractivity contribution in [2.45, 2.75) is 38.6 Å². The van der Waals surface area contributed by atoms with Crippen LogP contribution >= 0.6 is 0 Å². The largest absolute Gasteiger partial charge is 0.379 e. The van der Waals surface area contributed by atoms with Crippen molar-refractivity contribution in [3.05, 3.63) is 35.9 Å². The molecule has 1 atom stereocenters. The number of hydrogen-bond donors (Lipinski definition) is 2. The van der Waals surface area contributed by atoms with E-state index in [1.165, 1.54) is 37.9 Å². The van der Waals surface area contributed by atoms with Gasteiger partial charge in [-0.05, 0) is 37.9 Å². The van der Waals surface area contributed by atoms with E-state index < -0.39 is 0 Å². The Morgan fingerprint density at radius 2 is 1.75 bits per heavy atom. The zero-order valence-electron chi connectivity index (χ0n) is 17.7. The lowest BCUT2D eigenvalue weighted by atomic mass is 10.1. The maximum Gasteiger partial charge on any atom is 0.191 e. The predicted molar refractivity (Wildman–Crippen MR) is 116 cm³/mol. The number of hydrogen-bond acceptors (Lipinski definition) is 4. The summed E-state index contributed by atoms with van der Waals surface area (Å²) >= 11 is 0. The van der Waals surface area contributed by atoms with Gasteiger partial charge in [0.05, 0.1) is 25.9 Å². The highest BCUT2D eigenvalue weighted by Crippen LogP contribution is 2.24. The lowest BCUT2D eigenvalue weighted by molar-refractivity contribution is 0.0487. The standard InChI is InChI=1S/C22H38N4O2/c1-3-4-15-27-17-18-28-16-12-24-22(23-2)25-19-21(26-13-8-9-14-26)20-10-6-5-7-11-20/h5-7,10-11,21H,3-4,8-9,12-19H2,1-2H3,(H2,23,24,25). The number of guanidine groups is 1. The van der Waals surface area contributed by atoms with Gasteiger partial charge in [0.25, 0.3) is 0 Å². The Morgan fingerprint density at radius 3 is 2.43 bits per heavy atom. The molecule has 6 heteroatoms. The average Bonchev–Trinajstić information content (AvgIpc) is 3.26. The van der Waals surface area contributed by atoms with E-state index in [4.69, 9.17) is 9.47 Å². The Morgan fingerprint density at radius 1 is 1.04 bits per heavy atom. The molecule has 28 heavy (non-hydrogen) atoms. The molecule has 0 spiro atoms. The summed E-state index contributed by atoms with van der Waals surface area (Å²) in [4.78, 5) is 6.91. The molecule has 6 nitrogen and oxygen atoms in total. The molecule has 0 bridgehead atoms. The van der Waals surface area contributed by atoms with Crippen LogP contribution in [0.15, 0.2) is 35.3 Å². The Bertz CT molecular complexity index is 533. The second-order valence-electron chi connectivity index (χ2n) is 7.13. The fourth-order valence-corrected chi connectivity index (χ4v) is 3.41. The van der Waals surface area contributed by atoms with Gasteiger partial charge in [0.2, 0.25) is 0 Å². The summed E-state index contributed by atoms with van der Waals surface area (Å²) in [5.74, 6) is 0.822. The molecular formula is C22H38N4O2. The van der Waals surface area contributed by atoms with Crippen molar-refractivity contribution in [1.82, 2.24) is 15.5 Å². The number of rotatable bonds is 13. The van der Waals surface area contributed by atoms with E-state index in [1.807, 2.05) is 7.05 Å². The zero-order valence-corrected chi connectivity index (χ0v) is 17.7. The number of benzene rings is 1. The van der Waals surface area contributed by atoms with Crippen molar-refractivity contribution in [1.29, 1.82) is 0 Å². The van der Waals surface area contributed by atoms with Gasteiger partial charge in [-0.1, -0.05) is 43.7 Å². The molecule has 1 fully saturated rings. The van der Waals surface area contributed by atoms with Crippen LogP contribution in [0.4, 0.5) is 0 Å². The van der Waals surface area contributed by atoms with Crippen LogP contribution in [-0.2, 0) is 9.47 Å². The maximum absolute atomic E-state index is 5.61. The maximum atomic E-state index is 5.61. The van der Waals surface area contributed by atoms with E-state index in [0.29, 0.717) is 25.9 Å². The molecular weight excluding hydrogens is 352 g/mol. The minimum Gasteiger partial charge on any atom is -0.379 e. The highest BCUT2D eigenvalue weighted by molar-refractivity contribution is 5.79. The van der Waals surface area contributed by atoms with E-state index in [2.05, 4.69) is 57.8 Å². The predicted octanol–water partition coefficient (Wildman–Crippen LogP) is 2.82. The van der Waals surface area contributed by atoms with Crippen LogP contribution in [-0.4, -0.2) is 70.5 Å². The van der Waals surface area contributed by atoms with Crippen LogP contribution in [0.5, 0.6) is 0 Å². The topological polar surface area (TPSA) is 58.1 Å².